The Labute approximate surface area is 115 Å². The molecule has 1 aliphatic heterocycles. The number of nitrogens with zero attached hydrogens (tertiary/aromatic N) is 1. The third-order valence-electron chi connectivity index (χ3n) is 2.88. The van der Waals surface area contributed by atoms with Crippen LogP contribution < -0.4 is 14.8 Å². The first kappa shape index (κ1) is 12.3. The highest BCUT2D eigenvalue weighted by atomic mass is 16.7. The summed E-state index contributed by atoms with van der Waals surface area (Å²) in [6.45, 7) is 0.765. The Morgan fingerprint density at radius 1 is 1.25 bits per heavy atom. The Morgan fingerprint density at radius 3 is 2.95 bits per heavy atom. The zero-order valence-electron chi connectivity index (χ0n) is 10.5. The SMILES string of the molecule is O=C(O)c1cccc(NCc2ccc3c(c2)OCO3)n1. The second kappa shape index (κ2) is 5.08. The standard InChI is InChI=1S/C14H12N2O4/c17-14(18)10-2-1-3-13(16-10)15-7-9-4-5-11-12(6-9)20-8-19-11/h1-6H,7-8H2,(H,15,16)(H,17,18). The molecule has 20 heavy (non-hydrogen) atoms. The van der Waals surface area contributed by atoms with Gasteiger partial charge in [-0.25, -0.2) is 9.78 Å². The maximum absolute atomic E-state index is 10.8. The van der Waals surface area contributed by atoms with Gasteiger partial charge in [-0.2, -0.15) is 0 Å². The van der Waals surface area contributed by atoms with Crippen LogP contribution in [-0.4, -0.2) is 22.9 Å². The summed E-state index contributed by atoms with van der Waals surface area (Å²) in [5.41, 5.74) is 1.01. The predicted octanol–water partition coefficient (Wildman–Crippen LogP) is 2.12. The van der Waals surface area contributed by atoms with Gasteiger partial charge in [-0.05, 0) is 29.8 Å². The van der Waals surface area contributed by atoms with Crippen LogP contribution in [0.5, 0.6) is 11.5 Å². The molecule has 6 nitrogen and oxygen atoms in total. The summed E-state index contributed by atoms with van der Waals surface area (Å²) in [4.78, 5) is 14.8. The molecule has 0 atom stereocenters. The molecule has 0 radical (unpaired) electrons. The lowest BCUT2D eigenvalue weighted by atomic mass is 10.2. The Kier molecular flexibility index (Phi) is 3.12. The molecule has 0 amide bonds. The highest BCUT2D eigenvalue weighted by Crippen LogP contribution is 2.32. The number of fused-ring (bicyclic) bond motifs is 1. The van der Waals surface area contributed by atoms with E-state index in [0.29, 0.717) is 12.4 Å². The summed E-state index contributed by atoms with van der Waals surface area (Å²) in [6.07, 6.45) is 0. The first-order valence-electron chi connectivity index (χ1n) is 6.05. The van der Waals surface area contributed by atoms with E-state index in [2.05, 4.69) is 10.3 Å². The van der Waals surface area contributed by atoms with Gasteiger partial charge in [-0.15, -0.1) is 0 Å². The normalized spacial score (nSPS) is 12.2. The van der Waals surface area contributed by atoms with E-state index in [1.54, 1.807) is 12.1 Å². The molecule has 0 saturated heterocycles. The highest BCUT2D eigenvalue weighted by molar-refractivity contribution is 5.85. The summed E-state index contributed by atoms with van der Waals surface area (Å²) in [5, 5.41) is 12.0. The van der Waals surface area contributed by atoms with Crippen molar-refractivity contribution in [2.24, 2.45) is 0 Å². The zero-order valence-corrected chi connectivity index (χ0v) is 10.5. The van der Waals surface area contributed by atoms with Crippen molar-refractivity contribution < 1.29 is 19.4 Å². The van der Waals surface area contributed by atoms with Crippen molar-refractivity contribution in [3.05, 3.63) is 47.7 Å². The molecule has 1 aromatic heterocycles. The monoisotopic (exact) mass is 272 g/mol. The van der Waals surface area contributed by atoms with Gasteiger partial charge in [0, 0.05) is 6.54 Å². The van der Waals surface area contributed by atoms with Crippen LogP contribution in [-0.2, 0) is 6.54 Å². The quantitative estimate of drug-likeness (QED) is 0.887. The van der Waals surface area contributed by atoms with Crippen LogP contribution in [0.25, 0.3) is 0 Å². The minimum atomic E-state index is -1.04. The molecule has 0 unspecified atom stereocenters. The maximum Gasteiger partial charge on any atom is 0.354 e. The molecule has 0 saturated carbocycles. The molecule has 102 valence electrons. The van der Waals surface area contributed by atoms with Crippen molar-refractivity contribution in [2.75, 3.05) is 12.1 Å². The van der Waals surface area contributed by atoms with Crippen LogP contribution in [0.1, 0.15) is 16.1 Å². The van der Waals surface area contributed by atoms with E-state index in [-0.39, 0.29) is 12.5 Å². The largest absolute Gasteiger partial charge is 0.477 e. The second-order valence-electron chi connectivity index (χ2n) is 4.25. The van der Waals surface area contributed by atoms with E-state index in [1.807, 2.05) is 18.2 Å². The van der Waals surface area contributed by atoms with Gasteiger partial charge >= 0.3 is 5.97 Å². The summed E-state index contributed by atoms with van der Waals surface area (Å²) in [5.74, 6) is 0.926. The highest BCUT2D eigenvalue weighted by Gasteiger charge is 2.13. The van der Waals surface area contributed by atoms with E-state index >= 15 is 0 Å². The van der Waals surface area contributed by atoms with Gasteiger partial charge < -0.3 is 19.9 Å². The fraction of sp³-hybridized carbons (Fsp3) is 0.143. The minimum Gasteiger partial charge on any atom is -0.477 e. The fourth-order valence-electron chi connectivity index (χ4n) is 1.90. The van der Waals surface area contributed by atoms with E-state index in [1.165, 1.54) is 6.07 Å². The van der Waals surface area contributed by atoms with Gasteiger partial charge in [0.2, 0.25) is 6.79 Å². The Bertz CT molecular complexity index is 657. The average Bonchev–Trinajstić information content (AvgIpc) is 2.93. The third-order valence-corrected chi connectivity index (χ3v) is 2.88. The van der Waals surface area contributed by atoms with Gasteiger partial charge in [0.05, 0.1) is 0 Å². The van der Waals surface area contributed by atoms with Crippen LogP contribution in [0.3, 0.4) is 0 Å². The minimum absolute atomic E-state index is 0.0145. The number of carbonyl (C=O) groups is 1. The van der Waals surface area contributed by atoms with Crippen molar-refractivity contribution >= 4 is 11.8 Å². The van der Waals surface area contributed by atoms with Crippen LogP contribution in [0.2, 0.25) is 0 Å². The van der Waals surface area contributed by atoms with E-state index < -0.39 is 5.97 Å². The molecule has 0 spiro atoms. The number of carboxylic acids is 1. The lowest BCUT2D eigenvalue weighted by Crippen LogP contribution is -2.05. The molecule has 3 rings (SSSR count). The number of carboxylic acid groups (broad SMARTS) is 1. The van der Waals surface area contributed by atoms with Crippen LogP contribution in [0, 0.1) is 0 Å². The Morgan fingerprint density at radius 2 is 2.10 bits per heavy atom. The average molecular weight is 272 g/mol. The lowest BCUT2D eigenvalue weighted by Gasteiger charge is -2.07. The van der Waals surface area contributed by atoms with Gasteiger partial charge in [0.15, 0.2) is 17.2 Å². The first-order chi connectivity index (χ1) is 9.72. The number of aromatic nitrogens is 1. The molecule has 2 N–H and O–H groups in total. The number of rotatable bonds is 4. The third kappa shape index (κ3) is 2.49. The number of benzene rings is 1. The number of ether oxygens (including phenoxy) is 2. The molecule has 2 heterocycles. The molecular formula is C14H12N2O4. The Balaban J connectivity index is 1.70. The lowest BCUT2D eigenvalue weighted by molar-refractivity contribution is 0.0690. The van der Waals surface area contributed by atoms with Crippen LogP contribution in [0.4, 0.5) is 5.82 Å². The van der Waals surface area contributed by atoms with Crippen molar-refractivity contribution in [3.8, 4) is 11.5 Å². The maximum atomic E-state index is 10.8. The molecule has 0 aliphatic carbocycles. The van der Waals surface area contributed by atoms with Crippen molar-refractivity contribution in [1.82, 2.24) is 4.98 Å². The van der Waals surface area contributed by atoms with Gasteiger partial charge in [-0.3, -0.25) is 0 Å². The van der Waals surface area contributed by atoms with E-state index in [9.17, 15) is 4.79 Å². The van der Waals surface area contributed by atoms with E-state index in [0.717, 1.165) is 17.1 Å². The number of hydrogen-bond acceptors (Lipinski definition) is 5. The fourth-order valence-corrected chi connectivity index (χ4v) is 1.90. The molecule has 0 fully saturated rings. The van der Waals surface area contributed by atoms with Crippen LogP contribution in [0.15, 0.2) is 36.4 Å². The molecule has 0 bridgehead atoms. The number of anilines is 1. The first-order valence-corrected chi connectivity index (χ1v) is 6.05. The summed E-state index contributed by atoms with van der Waals surface area (Å²) >= 11 is 0. The van der Waals surface area contributed by atoms with Gasteiger partial charge in [0.1, 0.15) is 5.82 Å². The van der Waals surface area contributed by atoms with Crippen molar-refractivity contribution in [3.63, 3.8) is 0 Å². The molecule has 1 aromatic carbocycles. The molecular weight excluding hydrogens is 260 g/mol. The number of hydrogen-bond donors (Lipinski definition) is 2. The second-order valence-corrected chi connectivity index (χ2v) is 4.25. The summed E-state index contributed by atoms with van der Waals surface area (Å²) in [6, 6.07) is 10.5. The van der Waals surface area contributed by atoms with Gasteiger partial charge in [-0.1, -0.05) is 12.1 Å². The summed E-state index contributed by atoms with van der Waals surface area (Å²) in [7, 11) is 0. The Hall–Kier alpha value is -2.76. The molecule has 6 heteroatoms. The zero-order chi connectivity index (χ0) is 13.9. The summed E-state index contributed by atoms with van der Waals surface area (Å²) < 4.78 is 10.5. The smallest absolute Gasteiger partial charge is 0.354 e. The van der Waals surface area contributed by atoms with Crippen LogP contribution >= 0.6 is 0 Å². The topological polar surface area (TPSA) is 80.7 Å². The number of pyridine rings is 1. The molecule has 1 aliphatic rings. The van der Waals surface area contributed by atoms with E-state index in [4.69, 9.17) is 14.6 Å². The van der Waals surface area contributed by atoms with Gasteiger partial charge in [0.25, 0.3) is 0 Å². The number of aromatic carboxylic acids is 1. The van der Waals surface area contributed by atoms with Crippen molar-refractivity contribution in [2.45, 2.75) is 6.54 Å². The molecule has 2 aromatic rings. The number of nitrogens with one attached hydrogen (secondary N) is 1. The predicted molar refractivity (Wildman–Crippen MR) is 71.1 cm³/mol. The van der Waals surface area contributed by atoms with Crippen molar-refractivity contribution in [1.29, 1.82) is 0 Å².